The predicted molar refractivity (Wildman–Crippen MR) is 91.2 cm³/mol. The van der Waals surface area contributed by atoms with Gasteiger partial charge in [0.15, 0.2) is 0 Å². The minimum Gasteiger partial charge on any atom is -0.344 e. The van der Waals surface area contributed by atoms with Crippen LogP contribution in [0.2, 0.25) is 0 Å². The zero-order valence-electron chi connectivity index (χ0n) is 13.3. The lowest BCUT2D eigenvalue weighted by Crippen LogP contribution is -2.49. The molecule has 0 atom stereocenters. The molecule has 0 saturated carbocycles. The molecular formula is C16H19N5O2S. The van der Waals surface area contributed by atoms with E-state index in [1.165, 1.54) is 0 Å². The summed E-state index contributed by atoms with van der Waals surface area (Å²) in [7, 11) is 0. The molecule has 0 bridgehead atoms. The maximum atomic E-state index is 11.7. The second kappa shape index (κ2) is 8.06. The molecule has 2 aromatic rings. The van der Waals surface area contributed by atoms with Gasteiger partial charge in [-0.3, -0.25) is 14.6 Å². The third-order valence-electron chi connectivity index (χ3n) is 3.83. The average Bonchev–Trinajstić information content (AvgIpc) is 3.26. The van der Waals surface area contributed by atoms with Gasteiger partial charge in [-0.15, -0.1) is 6.42 Å². The Hall–Kier alpha value is -2.21. The van der Waals surface area contributed by atoms with Gasteiger partial charge in [0.1, 0.15) is 0 Å². The highest BCUT2D eigenvalue weighted by Gasteiger charge is 2.20. The van der Waals surface area contributed by atoms with Gasteiger partial charge in [-0.1, -0.05) is 11.1 Å². The van der Waals surface area contributed by atoms with Crippen LogP contribution in [0.5, 0.6) is 0 Å². The molecule has 1 saturated heterocycles. The van der Waals surface area contributed by atoms with Crippen molar-refractivity contribution in [1.29, 1.82) is 0 Å². The molecule has 1 fully saturated rings. The largest absolute Gasteiger partial charge is 0.344 e. The number of amides is 1. The molecule has 0 aliphatic carbocycles. The van der Waals surface area contributed by atoms with Crippen LogP contribution in [-0.4, -0.2) is 65.1 Å². The first-order valence-corrected chi connectivity index (χ1v) is 8.69. The van der Waals surface area contributed by atoms with Crippen LogP contribution in [-0.2, 0) is 11.3 Å². The van der Waals surface area contributed by atoms with E-state index in [4.69, 9.17) is 10.9 Å². The summed E-state index contributed by atoms with van der Waals surface area (Å²) in [5, 5.41) is 10.7. The SMILES string of the molecule is C#CCNC(=O)CN1CCN(Cc2nc(-c3ccsc3)no2)CC1. The molecule has 3 rings (SSSR count). The second-order valence-electron chi connectivity index (χ2n) is 5.56. The van der Waals surface area contributed by atoms with Gasteiger partial charge in [0, 0.05) is 37.1 Å². The molecule has 0 spiro atoms. The van der Waals surface area contributed by atoms with Crippen LogP contribution in [0.3, 0.4) is 0 Å². The number of thiophene rings is 1. The van der Waals surface area contributed by atoms with Crippen molar-refractivity contribution in [2.24, 2.45) is 0 Å². The molecule has 1 N–H and O–H groups in total. The number of carbonyl (C=O) groups excluding carboxylic acids is 1. The molecule has 7 nitrogen and oxygen atoms in total. The number of rotatable bonds is 6. The van der Waals surface area contributed by atoms with E-state index in [0.29, 0.717) is 24.8 Å². The highest BCUT2D eigenvalue weighted by atomic mass is 32.1. The smallest absolute Gasteiger partial charge is 0.241 e. The summed E-state index contributed by atoms with van der Waals surface area (Å²) in [5.74, 6) is 3.63. The molecule has 0 aromatic carbocycles. The predicted octanol–water partition coefficient (Wildman–Crippen LogP) is 0.665. The van der Waals surface area contributed by atoms with Crippen molar-refractivity contribution in [2.45, 2.75) is 6.54 Å². The molecule has 1 aliphatic rings. The van der Waals surface area contributed by atoms with E-state index in [1.54, 1.807) is 11.3 Å². The van der Waals surface area contributed by atoms with Gasteiger partial charge in [-0.2, -0.15) is 16.3 Å². The van der Waals surface area contributed by atoms with Gasteiger partial charge in [0.05, 0.1) is 19.6 Å². The summed E-state index contributed by atoms with van der Waals surface area (Å²) in [4.78, 5) is 20.5. The molecule has 2 aromatic heterocycles. The highest BCUT2D eigenvalue weighted by molar-refractivity contribution is 7.08. The van der Waals surface area contributed by atoms with Gasteiger partial charge >= 0.3 is 0 Å². The van der Waals surface area contributed by atoms with E-state index in [0.717, 1.165) is 31.7 Å². The maximum absolute atomic E-state index is 11.7. The highest BCUT2D eigenvalue weighted by Crippen LogP contribution is 2.19. The van der Waals surface area contributed by atoms with Crippen LogP contribution in [0.25, 0.3) is 11.4 Å². The first-order chi connectivity index (χ1) is 11.7. The minimum atomic E-state index is -0.0290. The van der Waals surface area contributed by atoms with E-state index in [1.807, 2.05) is 16.8 Å². The fourth-order valence-electron chi connectivity index (χ4n) is 2.53. The van der Waals surface area contributed by atoms with Crippen LogP contribution in [0.1, 0.15) is 5.89 Å². The van der Waals surface area contributed by atoms with E-state index in [2.05, 4.69) is 31.2 Å². The number of carbonyl (C=O) groups is 1. The number of piperazine rings is 1. The average molecular weight is 345 g/mol. The van der Waals surface area contributed by atoms with E-state index in [-0.39, 0.29) is 12.5 Å². The van der Waals surface area contributed by atoms with Gasteiger partial charge in [-0.25, -0.2) is 0 Å². The first kappa shape index (κ1) is 16.6. The van der Waals surface area contributed by atoms with Crippen LogP contribution in [0, 0.1) is 12.3 Å². The Morgan fingerprint density at radius 1 is 1.38 bits per heavy atom. The van der Waals surface area contributed by atoms with Crippen molar-refractivity contribution < 1.29 is 9.32 Å². The molecule has 0 radical (unpaired) electrons. The van der Waals surface area contributed by atoms with E-state index < -0.39 is 0 Å². The van der Waals surface area contributed by atoms with Crippen LogP contribution in [0.4, 0.5) is 0 Å². The quantitative estimate of drug-likeness (QED) is 0.776. The number of nitrogens with zero attached hydrogens (tertiary/aromatic N) is 4. The Labute approximate surface area is 144 Å². The van der Waals surface area contributed by atoms with Gasteiger partial charge in [0.2, 0.25) is 17.6 Å². The minimum absolute atomic E-state index is 0.0290. The lowest BCUT2D eigenvalue weighted by molar-refractivity contribution is -0.122. The third kappa shape index (κ3) is 4.41. The zero-order chi connectivity index (χ0) is 16.8. The lowest BCUT2D eigenvalue weighted by atomic mass is 10.3. The summed E-state index contributed by atoms with van der Waals surface area (Å²) in [6, 6.07) is 1.98. The summed E-state index contributed by atoms with van der Waals surface area (Å²) in [5.41, 5.74) is 0.984. The molecule has 24 heavy (non-hydrogen) atoms. The summed E-state index contributed by atoms with van der Waals surface area (Å²) in [6.07, 6.45) is 5.13. The fourth-order valence-corrected chi connectivity index (χ4v) is 3.17. The van der Waals surface area contributed by atoms with Crippen molar-refractivity contribution in [2.75, 3.05) is 39.3 Å². The standard InChI is InChI=1S/C16H19N5O2S/c1-2-4-17-14(22)10-20-5-7-21(8-6-20)11-15-18-16(19-23-15)13-3-9-24-12-13/h1,3,9,12H,4-8,10-11H2,(H,17,22). The van der Waals surface area contributed by atoms with Gasteiger partial charge < -0.3 is 9.84 Å². The number of terminal acetylenes is 1. The normalized spacial score (nSPS) is 16.0. The summed E-state index contributed by atoms with van der Waals surface area (Å²) < 4.78 is 5.33. The number of hydrogen-bond donors (Lipinski definition) is 1. The molecular weight excluding hydrogens is 326 g/mol. The van der Waals surface area contributed by atoms with E-state index in [9.17, 15) is 4.79 Å². The zero-order valence-corrected chi connectivity index (χ0v) is 14.1. The second-order valence-corrected chi connectivity index (χ2v) is 6.34. The fraction of sp³-hybridized carbons (Fsp3) is 0.438. The van der Waals surface area contributed by atoms with Crippen LogP contribution in [0.15, 0.2) is 21.3 Å². The van der Waals surface area contributed by atoms with Crippen LogP contribution >= 0.6 is 11.3 Å². The van der Waals surface area contributed by atoms with Crippen molar-refractivity contribution in [3.8, 4) is 23.7 Å². The first-order valence-electron chi connectivity index (χ1n) is 7.74. The number of aromatic nitrogens is 2. The maximum Gasteiger partial charge on any atom is 0.241 e. The molecule has 0 unspecified atom stereocenters. The topological polar surface area (TPSA) is 74.5 Å². The molecule has 1 aliphatic heterocycles. The van der Waals surface area contributed by atoms with Crippen molar-refractivity contribution in [3.05, 3.63) is 22.7 Å². The molecule has 126 valence electrons. The van der Waals surface area contributed by atoms with Crippen LogP contribution < -0.4 is 5.32 Å². The third-order valence-corrected chi connectivity index (χ3v) is 4.51. The Morgan fingerprint density at radius 3 is 2.88 bits per heavy atom. The monoisotopic (exact) mass is 345 g/mol. The van der Waals surface area contributed by atoms with Crippen molar-refractivity contribution in [3.63, 3.8) is 0 Å². The summed E-state index contributed by atoms with van der Waals surface area (Å²) >= 11 is 1.61. The van der Waals surface area contributed by atoms with Gasteiger partial charge in [-0.05, 0) is 11.4 Å². The number of nitrogens with one attached hydrogen (secondary N) is 1. The Kier molecular flexibility index (Phi) is 5.59. The van der Waals surface area contributed by atoms with Crippen molar-refractivity contribution >= 4 is 17.2 Å². The van der Waals surface area contributed by atoms with Gasteiger partial charge in [0.25, 0.3) is 0 Å². The Balaban J connectivity index is 1.44. The van der Waals surface area contributed by atoms with E-state index >= 15 is 0 Å². The summed E-state index contributed by atoms with van der Waals surface area (Å²) in [6.45, 7) is 4.68. The molecule has 1 amide bonds. The number of hydrogen-bond acceptors (Lipinski definition) is 7. The Bertz CT molecular complexity index is 698. The Morgan fingerprint density at radius 2 is 2.17 bits per heavy atom. The molecule has 3 heterocycles. The lowest BCUT2D eigenvalue weighted by Gasteiger charge is -2.33. The van der Waals surface area contributed by atoms with Crippen molar-refractivity contribution in [1.82, 2.24) is 25.3 Å². The molecule has 8 heteroatoms.